The molecule has 1 aliphatic rings. The maximum atomic E-state index is 12.8. The van der Waals surface area contributed by atoms with Crippen LogP contribution in [0, 0.1) is 0 Å². The van der Waals surface area contributed by atoms with Crippen LogP contribution in [0.3, 0.4) is 0 Å². The van der Waals surface area contributed by atoms with Crippen LogP contribution in [0.4, 0.5) is 0 Å². The molecular weight excluding hydrogens is 406 g/mol. The van der Waals surface area contributed by atoms with Crippen LogP contribution in [0.15, 0.2) is 42.2 Å². The van der Waals surface area contributed by atoms with E-state index in [1.165, 1.54) is 13.2 Å². The number of unbranched alkanes of at least 4 members (excludes halogenated alkanes) is 1. The average Bonchev–Trinajstić information content (AvgIpc) is 3.04. The fourth-order valence-electron chi connectivity index (χ4n) is 3.21. The molecule has 0 spiro atoms. The lowest BCUT2D eigenvalue weighted by Crippen LogP contribution is -2.19. The molecule has 6 nitrogen and oxygen atoms in total. The Hall–Kier alpha value is -2.83. The van der Waals surface area contributed by atoms with E-state index in [4.69, 9.17) is 4.74 Å². The fraction of sp³-hybridized carbons (Fsp3) is 0.304. The molecule has 0 saturated carbocycles. The van der Waals surface area contributed by atoms with E-state index >= 15 is 0 Å². The third-order valence-electron chi connectivity index (χ3n) is 4.87. The Bertz CT molecular complexity index is 953. The molecule has 0 saturated heterocycles. The molecule has 2 aromatic carbocycles. The van der Waals surface area contributed by atoms with E-state index in [1.807, 2.05) is 7.05 Å². The molecule has 0 atom stereocenters. The van der Waals surface area contributed by atoms with Gasteiger partial charge in [0.1, 0.15) is 11.5 Å². The lowest BCUT2D eigenvalue weighted by molar-refractivity contribution is 0.0600. The van der Waals surface area contributed by atoms with Gasteiger partial charge >= 0.3 is 5.97 Å². The number of Topliss-reactive ketones (excluding diaryl/α,β-unsaturated/α-hetero) is 1. The van der Waals surface area contributed by atoms with Crippen molar-refractivity contribution in [3.05, 3.63) is 64.4 Å². The Morgan fingerprint density at radius 2 is 1.90 bits per heavy atom. The predicted octanol–water partition coefficient (Wildman–Crippen LogP) is 4.45. The van der Waals surface area contributed by atoms with E-state index < -0.39 is 5.97 Å². The quantitative estimate of drug-likeness (QED) is 0.515. The Kier molecular flexibility index (Phi) is 8.03. The number of aromatic hydroxyl groups is 1. The molecule has 3 rings (SSSR count). The minimum Gasteiger partial charge on any atom is -0.507 e. The second-order valence-electron chi connectivity index (χ2n) is 7.08. The number of halogens is 1. The second-order valence-corrected chi connectivity index (χ2v) is 7.08. The van der Waals surface area contributed by atoms with Crippen molar-refractivity contribution in [3.8, 4) is 11.5 Å². The smallest absolute Gasteiger partial charge is 0.337 e. The van der Waals surface area contributed by atoms with Gasteiger partial charge in [-0.2, -0.15) is 0 Å². The summed E-state index contributed by atoms with van der Waals surface area (Å²) in [5.41, 5.74) is 2.21. The molecule has 2 aromatic rings. The number of rotatable bonds is 7. The van der Waals surface area contributed by atoms with E-state index in [9.17, 15) is 14.7 Å². The van der Waals surface area contributed by atoms with Crippen molar-refractivity contribution in [1.82, 2.24) is 4.90 Å². The molecule has 0 amide bonds. The van der Waals surface area contributed by atoms with Gasteiger partial charge in [-0.3, -0.25) is 4.79 Å². The minimum atomic E-state index is -0.419. The number of hydrogen-bond donors (Lipinski definition) is 1. The van der Waals surface area contributed by atoms with Gasteiger partial charge in [0.05, 0.1) is 23.8 Å². The standard InChI is InChI=1S/C23H25NO5.ClH/c1-4-5-12-24(2)14-18-19(25)11-10-17-21(26)20(29-22(17)18)13-15-6-8-16(9-7-15)23(27)28-3;/h6-11,13,25H,4-5,12,14H2,1-3H3;1H/b20-13-;. The van der Waals surface area contributed by atoms with Crippen LogP contribution < -0.4 is 4.74 Å². The first kappa shape index (κ1) is 23.4. The highest BCUT2D eigenvalue weighted by Crippen LogP contribution is 2.40. The number of phenolic OH excluding ortho intramolecular Hbond substituents is 1. The van der Waals surface area contributed by atoms with Crippen LogP contribution in [-0.4, -0.2) is 42.5 Å². The molecule has 0 fully saturated rings. The molecule has 0 unspecified atom stereocenters. The van der Waals surface area contributed by atoms with Crippen LogP contribution in [0.5, 0.6) is 11.5 Å². The fourth-order valence-corrected chi connectivity index (χ4v) is 3.21. The number of carbonyl (C=O) groups is 2. The zero-order valence-corrected chi connectivity index (χ0v) is 18.1. The van der Waals surface area contributed by atoms with Gasteiger partial charge < -0.3 is 19.5 Å². The molecule has 1 heterocycles. The maximum absolute atomic E-state index is 12.8. The molecular formula is C23H26ClNO5. The van der Waals surface area contributed by atoms with E-state index in [-0.39, 0.29) is 29.7 Å². The summed E-state index contributed by atoms with van der Waals surface area (Å²) in [6.07, 6.45) is 3.77. The Balaban J connectivity index is 0.00000320. The third-order valence-corrected chi connectivity index (χ3v) is 4.87. The number of phenols is 1. The summed E-state index contributed by atoms with van der Waals surface area (Å²) < 4.78 is 10.6. The molecule has 7 heteroatoms. The van der Waals surface area contributed by atoms with Gasteiger partial charge in [0, 0.05) is 6.54 Å². The second kappa shape index (κ2) is 10.3. The lowest BCUT2D eigenvalue weighted by Gasteiger charge is -2.18. The van der Waals surface area contributed by atoms with Crippen molar-refractivity contribution in [2.24, 2.45) is 0 Å². The summed E-state index contributed by atoms with van der Waals surface area (Å²) >= 11 is 0. The summed E-state index contributed by atoms with van der Waals surface area (Å²) in [6.45, 7) is 3.51. The van der Waals surface area contributed by atoms with Crippen LogP contribution >= 0.6 is 12.4 Å². The first-order valence-corrected chi connectivity index (χ1v) is 9.60. The van der Waals surface area contributed by atoms with Crippen LogP contribution in [0.1, 0.15) is 51.6 Å². The minimum absolute atomic E-state index is 0. The number of benzene rings is 2. The van der Waals surface area contributed by atoms with Crippen molar-refractivity contribution in [3.63, 3.8) is 0 Å². The summed E-state index contributed by atoms with van der Waals surface area (Å²) in [4.78, 5) is 26.4. The SMILES string of the molecule is CCCCN(C)Cc1c(O)ccc2c1O/C(=C\c1ccc(C(=O)OC)cc1)C2=O.Cl. The van der Waals surface area contributed by atoms with Crippen LogP contribution in [0.25, 0.3) is 6.08 Å². The Labute approximate surface area is 182 Å². The molecule has 0 aliphatic carbocycles. The van der Waals surface area contributed by atoms with Gasteiger partial charge in [-0.1, -0.05) is 25.5 Å². The number of nitrogens with zero attached hydrogens (tertiary/aromatic N) is 1. The van der Waals surface area contributed by atoms with Gasteiger partial charge in [0.2, 0.25) is 5.78 Å². The number of ether oxygens (including phenoxy) is 2. The van der Waals surface area contributed by atoms with Crippen molar-refractivity contribution in [2.45, 2.75) is 26.3 Å². The van der Waals surface area contributed by atoms with Gasteiger partial charge in [-0.25, -0.2) is 4.79 Å². The highest BCUT2D eigenvalue weighted by atomic mass is 35.5. The van der Waals surface area contributed by atoms with E-state index in [0.717, 1.165) is 24.9 Å². The van der Waals surface area contributed by atoms with Gasteiger partial charge in [0.15, 0.2) is 5.76 Å². The summed E-state index contributed by atoms with van der Waals surface area (Å²) in [5.74, 6) is 0.0693. The van der Waals surface area contributed by atoms with Gasteiger partial charge in [-0.15, -0.1) is 12.4 Å². The first-order valence-electron chi connectivity index (χ1n) is 9.60. The maximum Gasteiger partial charge on any atom is 0.337 e. The van der Waals surface area contributed by atoms with Crippen LogP contribution in [-0.2, 0) is 11.3 Å². The monoisotopic (exact) mass is 431 g/mol. The molecule has 0 aromatic heterocycles. The number of ketones is 1. The number of hydrogen-bond acceptors (Lipinski definition) is 6. The summed E-state index contributed by atoms with van der Waals surface area (Å²) in [5, 5.41) is 10.3. The predicted molar refractivity (Wildman–Crippen MR) is 117 cm³/mol. The lowest BCUT2D eigenvalue weighted by atomic mass is 10.0. The molecule has 0 radical (unpaired) electrons. The molecule has 1 N–H and O–H groups in total. The highest BCUT2D eigenvalue weighted by Gasteiger charge is 2.31. The van der Waals surface area contributed by atoms with E-state index in [1.54, 1.807) is 36.4 Å². The summed E-state index contributed by atoms with van der Waals surface area (Å²) in [7, 11) is 3.30. The Morgan fingerprint density at radius 1 is 1.20 bits per heavy atom. The third kappa shape index (κ3) is 5.01. The van der Waals surface area contributed by atoms with Gasteiger partial charge in [-0.05, 0) is 55.9 Å². The van der Waals surface area contributed by atoms with Crippen molar-refractivity contribution in [2.75, 3.05) is 20.7 Å². The van der Waals surface area contributed by atoms with Crippen molar-refractivity contribution >= 4 is 30.2 Å². The molecule has 0 bridgehead atoms. The number of carbonyl (C=O) groups excluding carboxylic acids is 2. The zero-order valence-electron chi connectivity index (χ0n) is 17.3. The molecule has 1 aliphatic heterocycles. The first-order chi connectivity index (χ1) is 13.9. The molecule has 160 valence electrons. The van der Waals surface area contributed by atoms with Gasteiger partial charge in [0.25, 0.3) is 0 Å². The highest BCUT2D eigenvalue weighted by molar-refractivity contribution is 6.15. The average molecular weight is 432 g/mol. The number of allylic oxidation sites excluding steroid dienone is 1. The van der Waals surface area contributed by atoms with Crippen molar-refractivity contribution in [1.29, 1.82) is 0 Å². The number of fused-ring (bicyclic) bond motifs is 1. The van der Waals surface area contributed by atoms with Crippen molar-refractivity contribution < 1.29 is 24.2 Å². The summed E-state index contributed by atoms with van der Waals surface area (Å²) in [6, 6.07) is 9.82. The zero-order chi connectivity index (χ0) is 21.0. The van der Waals surface area contributed by atoms with E-state index in [0.29, 0.717) is 29.0 Å². The molecule has 30 heavy (non-hydrogen) atoms. The topological polar surface area (TPSA) is 76.1 Å². The number of methoxy groups -OCH3 is 1. The normalized spacial score (nSPS) is 13.7. The largest absolute Gasteiger partial charge is 0.507 e. The van der Waals surface area contributed by atoms with E-state index in [2.05, 4.69) is 16.6 Å². The number of esters is 1. The van der Waals surface area contributed by atoms with Crippen LogP contribution in [0.2, 0.25) is 0 Å². The Morgan fingerprint density at radius 3 is 2.53 bits per heavy atom.